The summed E-state index contributed by atoms with van der Waals surface area (Å²) in [4.78, 5) is 22.5. The number of carboxylic acids is 1. The number of carboxylic acid groups (broad SMARTS) is 1. The second-order valence-corrected chi connectivity index (χ2v) is 5.90. The Morgan fingerprint density at radius 3 is 2.35 bits per heavy atom. The molecule has 0 aromatic heterocycles. The van der Waals surface area contributed by atoms with E-state index in [0.717, 1.165) is 16.5 Å². The normalized spacial score (nSPS) is 13.6. The first-order valence-corrected chi connectivity index (χ1v) is 7.48. The van der Waals surface area contributed by atoms with Gasteiger partial charge in [-0.15, -0.1) is 0 Å². The zero-order chi connectivity index (χ0) is 15.1. The fraction of sp³-hybridized carbons (Fsp3) is 0.467. The maximum Gasteiger partial charge on any atom is 0.303 e. The van der Waals surface area contributed by atoms with Gasteiger partial charge in [0.05, 0.1) is 6.04 Å². The van der Waals surface area contributed by atoms with Gasteiger partial charge in [-0.05, 0) is 30.0 Å². The summed E-state index contributed by atoms with van der Waals surface area (Å²) in [6.07, 6.45) is 1.04. The number of benzene rings is 1. The molecule has 1 aromatic carbocycles. The van der Waals surface area contributed by atoms with Gasteiger partial charge in [0, 0.05) is 17.3 Å². The zero-order valence-electron chi connectivity index (χ0n) is 11.7. The number of carbonyl (C=O) groups excluding carboxylic acids is 1. The van der Waals surface area contributed by atoms with Gasteiger partial charge in [-0.3, -0.25) is 9.59 Å². The number of amides is 1. The summed E-state index contributed by atoms with van der Waals surface area (Å²) in [5.74, 6) is -1.13. The van der Waals surface area contributed by atoms with Gasteiger partial charge in [-0.1, -0.05) is 41.9 Å². The monoisotopic (exact) mass is 341 g/mol. The minimum atomic E-state index is -0.870. The van der Waals surface area contributed by atoms with Crippen LogP contribution in [-0.2, 0) is 9.59 Å². The van der Waals surface area contributed by atoms with Crippen LogP contribution in [0.15, 0.2) is 28.7 Å². The minimum Gasteiger partial charge on any atom is -0.481 e. The standard InChI is InChI=1S/C15H20BrNO3/c1-3-13(11-4-6-12(16)7-5-11)17-14(18)8-10(2)9-15(19)20/h4-7,10,13H,3,8-9H2,1-2H3,(H,17,18)(H,19,20). The van der Waals surface area contributed by atoms with Crippen LogP contribution in [0.2, 0.25) is 0 Å². The van der Waals surface area contributed by atoms with Gasteiger partial charge in [0.15, 0.2) is 0 Å². The second-order valence-electron chi connectivity index (χ2n) is 4.99. The van der Waals surface area contributed by atoms with Gasteiger partial charge in [-0.2, -0.15) is 0 Å². The predicted molar refractivity (Wildman–Crippen MR) is 81.4 cm³/mol. The van der Waals surface area contributed by atoms with Crippen LogP contribution in [0.4, 0.5) is 0 Å². The van der Waals surface area contributed by atoms with Gasteiger partial charge in [0.1, 0.15) is 0 Å². The SMILES string of the molecule is CCC(NC(=O)CC(C)CC(=O)O)c1ccc(Br)cc1. The zero-order valence-corrected chi connectivity index (χ0v) is 13.3. The highest BCUT2D eigenvalue weighted by Crippen LogP contribution is 2.20. The van der Waals surface area contributed by atoms with Crippen LogP contribution >= 0.6 is 15.9 Å². The van der Waals surface area contributed by atoms with Gasteiger partial charge >= 0.3 is 5.97 Å². The van der Waals surface area contributed by atoms with E-state index in [0.29, 0.717) is 0 Å². The molecule has 1 rings (SSSR count). The second kappa shape index (κ2) is 8.04. The molecule has 2 atom stereocenters. The van der Waals surface area contributed by atoms with E-state index in [2.05, 4.69) is 21.2 Å². The fourth-order valence-corrected chi connectivity index (χ4v) is 2.32. The van der Waals surface area contributed by atoms with Crippen molar-refractivity contribution in [2.75, 3.05) is 0 Å². The van der Waals surface area contributed by atoms with E-state index in [-0.39, 0.29) is 30.7 Å². The topological polar surface area (TPSA) is 66.4 Å². The van der Waals surface area contributed by atoms with E-state index < -0.39 is 5.97 Å². The highest BCUT2D eigenvalue weighted by molar-refractivity contribution is 9.10. The highest BCUT2D eigenvalue weighted by atomic mass is 79.9. The van der Waals surface area contributed by atoms with Crippen molar-refractivity contribution in [1.82, 2.24) is 5.32 Å². The molecule has 0 aliphatic rings. The van der Waals surface area contributed by atoms with Crippen LogP contribution in [0.5, 0.6) is 0 Å². The Kier molecular flexibility index (Phi) is 6.71. The average molecular weight is 342 g/mol. The lowest BCUT2D eigenvalue weighted by Gasteiger charge is -2.18. The molecule has 1 amide bonds. The first kappa shape index (κ1) is 16.7. The molecule has 0 radical (unpaired) electrons. The molecule has 0 heterocycles. The number of rotatable bonds is 7. The quantitative estimate of drug-likeness (QED) is 0.797. The smallest absolute Gasteiger partial charge is 0.303 e. The first-order valence-electron chi connectivity index (χ1n) is 6.69. The minimum absolute atomic E-state index is 0.0164. The van der Waals surface area contributed by atoms with Crippen molar-refractivity contribution in [3.05, 3.63) is 34.3 Å². The lowest BCUT2D eigenvalue weighted by molar-refractivity contribution is -0.138. The van der Waals surface area contributed by atoms with Crippen LogP contribution in [0, 0.1) is 5.92 Å². The lowest BCUT2D eigenvalue weighted by Crippen LogP contribution is -2.29. The molecule has 2 unspecified atom stereocenters. The number of carbonyl (C=O) groups is 2. The molecule has 0 saturated heterocycles. The Labute approximate surface area is 127 Å². The molecule has 110 valence electrons. The molecule has 0 aliphatic heterocycles. The number of hydrogen-bond acceptors (Lipinski definition) is 2. The summed E-state index contributed by atoms with van der Waals surface area (Å²) >= 11 is 3.38. The van der Waals surface area contributed by atoms with Crippen molar-refractivity contribution in [2.24, 2.45) is 5.92 Å². The van der Waals surface area contributed by atoms with Crippen molar-refractivity contribution in [1.29, 1.82) is 0 Å². The van der Waals surface area contributed by atoms with Gasteiger partial charge in [-0.25, -0.2) is 0 Å². The van der Waals surface area contributed by atoms with Crippen LogP contribution < -0.4 is 5.32 Å². The third-order valence-corrected chi connectivity index (χ3v) is 3.60. The van der Waals surface area contributed by atoms with E-state index in [1.807, 2.05) is 31.2 Å². The van der Waals surface area contributed by atoms with Crippen molar-refractivity contribution < 1.29 is 14.7 Å². The maximum atomic E-state index is 11.9. The maximum absolute atomic E-state index is 11.9. The Bertz CT molecular complexity index is 459. The van der Waals surface area contributed by atoms with Crippen LogP contribution in [0.25, 0.3) is 0 Å². The molecular formula is C15H20BrNO3. The summed E-state index contributed by atoms with van der Waals surface area (Å²) < 4.78 is 0.998. The number of halogens is 1. The summed E-state index contributed by atoms with van der Waals surface area (Å²) in [6, 6.07) is 7.79. The van der Waals surface area contributed by atoms with Crippen molar-refractivity contribution in [3.8, 4) is 0 Å². The number of hydrogen-bond donors (Lipinski definition) is 2. The third-order valence-electron chi connectivity index (χ3n) is 3.07. The van der Waals surface area contributed by atoms with Crippen LogP contribution in [0.1, 0.15) is 44.7 Å². The fourth-order valence-electron chi connectivity index (χ4n) is 2.06. The molecule has 1 aromatic rings. The third kappa shape index (κ3) is 5.74. The summed E-state index contributed by atoms with van der Waals surface area (Å²) in [7, 11) is 0. The Morgan fingerprint density at radius 1 is 1.25 bits per heavy atom. The van der Waals surface area contributed by atoms with E-state index in [1.165, 1.54) is 0 Å². The van der Waals surface area contributed by atoms with Gasteiger partial charge in [0.2, 0.25) is 5.91 Å². The molecular weight excluding hydrogens is 322 g/mol. The van der Waals surface area contributed by atoms with Crippen molar-refractivity contribution in [2.45, 2.75) is 39.2 Å². The van der Waals surface area contributed by atoms with E-state index in [1.54, 1.807) is 6.92 Å². The lowest BCUT2D eigenvalue weighted by atomic mass is 10.0. The number of aliphatic carboxylic acids is 1. The molecule has 0 bridgehead atoms. The predicted octanol–water partition coefficient (Wildman–Crippen LogP) is 3.52. The number of nitrogens with one attached hydrogen (secondary N) is 1. The molecule has 20 heavy (non-hydrogen) atoms. The molecule has 0 fully saturated rings. The first-order chi connectivity index (χ1) is 9.42. The summed E-state index contributed by atoms with van der Waals surface area (Å²) in [5.41, 5.74) is 1.05. The Balaban J connectivity index is 2.57. The van der Waals surface area contributed by atoms with Crippen molar-refractivity contribution >= 4 is 27.8 Å². The van der Waals surface area contributed by atoms with Gasteiger partial charge < -0.3 is 10.4 Å². The van der Waals surface area contributed by atoms with E-state index in [4.69, 9.17) is 5.11 Å². The molecule has 2 N–H and O–H groups in total. The van der Waals surface area contributed by atoms with E-state index >= 15 is 0 Å². The van der Waals surface area contributed by atoms with Gasteiger partial charge in [0.25, 0.3) is 0 Å². The summed E-state index contributed by atoms with van der Waals surface area (Å²) in [5, 5.41) is 11.7. The summed E-state index contributed by atoms with van der Waals surface area (Å²) in [6.45, 7) is 3.78. The highest BCUT2D eigenvalue weighted by Gasteiger charge is 2.16. The molecule has 4 nitrogen and oxygen atoms in total. The molecule has 5 heteroatoms. The largest absolute Gasteiger partial charge is 0.481 e. The Morgan fingerprint density at radius 2 is 1.85 bits per heavy atom. The van der Waals surface area contributed by atoms with E-state index in [9.17, 15) is 9.59 Å². The van der Waals surface area contributed by atoms with Crippen LogP contribution in [0.3, 0.4) is 0 Å². The molecule has 0 spiro atoms. The van der Waals surface area contributed by atoms with Crippen LogP contribution in [-0.4, -0.2) is 17.0 Å². The van der Waals surface area contributed by atoms with Crippen molar-refractivity contribution in [3.63, 3.8) is 0 Å². The molecule has 0 saturated carbocycles. The Hall–Kier alpha value is -1.36. The average Bonchev–Trinajstić information content (AvgIpc) is 2.36. The molecule has 0 aliphatic carbocycles.